The van der Waals surface area contributed by atoms with Crippen molar-refractivity contribution in [1.29, 1.82) is 0 Å². The monoisotopic (exact) mass is 219 g/mol. The fraction of sp³-hybridized carbons (Fsp3) is 0.444. The van der Waals surface area contributed by atoms with Crippen LogP contribution in [0.1, 0.15) is 13.3 Å². The summed E-state index contributed by atoms with van der Waals surface area (Å²) in [5, 5.41) is 0.944. The summed E-state index contributed by atoms with van der Waals surface area (Å²) in [5.74, 6) is 0. The van der Waals surface area contributed by atoms with Crippen LogP contribution in [0.4, 0.5) is 13.2 Å². The summed E-state index contributed by atoms with van der Waals surface area (Å²) in [4.78, 5) is 4.07. The van der Waals surface area contributed by atoms with Crippen molar-refractivity contribution in [2.24, 2.45) is 4.99 Å². The second-order valence-corrected chi connectivity index (χ2v) is 4.60. The molecule has 0 saturated carbocycles. The summed E-state index contributed by atoms with van der Waals surface area (Å²) in [6.07, 6.45) is -1.42. The molecule has 0 aromatic rings. The molecule has 1 heterocycles. The average Bonchev–Trinajstić information content (AvgIpc) is 2.41. The third kappa shape index (κ3) is 1.73. The summed E-state index contributed by atoms with van der Waals surface area (Å²) >= 11 is 1.53. The number of hydrogen-bond acceptors (Lipinski definition) is 2. The quantitative estimate of drug-likeness (QED) is 0.609. The molecule has 0 aromatic carbocycles. The van der Waals surface area contributed by atoms with Gasteiger partial charge in [0.05, 0.1) is 21.6 Å². The molecule has 5 heteroatoms. The molecule has 14 heavy (non-hydrogen) atoms. The van der Waals surface area contributed by atoms with Crippen molar-refractivity contribution in [3.63, 3.8) is 0 Å². The van der Waals surface area contributed by atoms with Gasteiger partial charge in [-0.05, 0) is 19.4 Å². The molecule has 0 aromatic heterocycles. The molecule has 1 nitrogen and oxygen atoms in total. The van der Waals surface area contributed by atoms with Crippen molar-refractivity contribution < 1.29 is 13.2 Å². The van der Waals surface area contributed by atoms with E-state index in [4.69, 9.17) is 0 Å². The van der Waals surface area contributed by atoms with Gasteiger partial charge in [-0.3, -0.25) is 4.99 Å². The number of aliphatic imine (C=N–C) groups is 1. The number of fused-ring (bicyclic) bond motifs is 1. The van der Waals surface area contributed by atoms with Crippen LogP contribution in [0.25, 0.3) is 0 Å². The van der Waals surface area contributed by atoms with E-state index in [0.29, 0.717) is 12.1 Å². The third-order valence-electron chi connectivity index (χ3n) is 2.11. The molecule has 1 atom stereocenters. The van der Waals surface area contributed by atoms with E-state index in [0.717, 1.165) is 11.1 Å². The Bertz CT molecular complexity index is 352. The third-order valence-corrected chi connectivity index (χ3v) is 3.26. The Hall–Kier alpha value is -0.710. The number of halogens is 3. The predicted octanol–water partition coefficient (Wildman–Crippen LogP) is 3.30. The van der Waals surface area contributed by atoms with Gasteiger partial charge in [-0.15, -0.1) is 11.8 Å². The Balaban J connectivity index is 2.28. The minimum Gasteiger partial charge on any atom is -0.250 e. The van der Waals surface area contributed by atoms with Gasteiger partial charge >= 0.3 is 6.18 Å². The van der Waals surface area contributed by atoms with Crippen LogP contribution in [0, 0.1) is 0 Å². The van der Waals surface area contributed by atoms with E-state index in [2.05, 4.69) is 4.99 Å². The summed E-state index contributed by atoms with van der Waals surface area (Å²) in [7, 11) is 0. The van der Waals surface area contributed by atoms with Crippen LogP contribution in [0.15, 0.2) is 28.4 Å². The Kier molecular flexibility index (Phi) is 2.21. The van der Waals surface area contributed by atoms with Crippen LogP contribution in [-0.4, -0.2) is 16.5 Å². The minimum absolute atomic E-state index is 0.0982. The molecule has 0 N–H and O–H groups in total. The maximum atomic E-state index is 12.3. The summed E-state index contributed by atoms with van der Waals surface area (Å²) in [5.41, 5.74) is -0.00914. The molecule has 0 saturated heterocycles. The molecular formula is C9H8F3NS. The Morgan fingerprint density at radius 3 is 2.86 bits per heavy atom. The molecule has 1 aliphatic heterocycles. The van der Waals surface area contributed by atoms with E-state index in [9.17, 15) is 13.2 Å². The molecular weight excluding hydrogens is 211 g/mol. The fourth-order valence-corrected chi connectivity index (χ4v) is 2.49. The van der Waals surface area contributed by atoms with Crippen molar-refractivity contribution in [3.8, 4) is 0 Å². The highest BCUT2D eigenvalue weighted by Gasteiger charge is 2.36. The normalized spacial score (nSPS) is 26.6. The number of hydrogen-bond donors (Lipinski definition) is 0. The smallest absolute Gasteiger partial charge is 0.250 e. The first kappa shape index (κ1) is 9.83. The summed E-state index contributed by atoms with van der Waals surface area (Å²) < 4.78 is 37.0. The van der Waals surface area contributed by atoms with E-state index < -0.39 is 11.7 Å². The van der Waals surface area contributed by atoms with Gasteiger partial charge in [-0.2, -0.15) is 13.2 Å². The van der Waals surface area contributed by atoms with Crippen molar-refractivity contribution >= 4 is 16.8 Å². The number of alkyl halides is 3. The summed E-state index contributed by atoms with van der Waals surface area (Å²) in [6.45, 7) is 1.82. The average molecular weight is 219 g/mol. The highest BCUT2D eigenvalue weighted by Crippen LogP contribution is 2.39. The van der Waals surface area contributed by atoms with E-state index >= 15 is 0 Å². The Morgan fingerprint density at radius 2 is 2.21 bits per heavy atom. The van der Waals surface area contributed by atoms with Gasteiger partial charge in [0.15, 0.2) is 0 Å². The molecule has 0 fully saturated rings. The Labute approximate surface area is 83.8 Å². The van der Waals surface area contributed by atoms with E-state index in [-0.39, 0.29) is 5.25 Å². The van der Waals surface area contributed by atoms with Crippen molar-refractivity contribution in [3.05, 3.63) is 23.4 Å². The lowest BCUT2D eigenvalue weighted by atomic mass is 10.0. The zero-order valence-corrected chi connectivity index (χ0v) is 8.25. The minimum atomic E-state index is -4.24. The molecule has 0 spiro atoms. The molecule has 0 radical (unpaired) electrons. The van der Waals surface area contributed by atoms with Crippen molar-refractivity contribution in [2.45, 2.75) is 24.8 Å². The van der Waals surface area contributed by atoms with Gasteiger partial charge in [0, 0.05) is 0 Å². The first-order chi connectivity index (χ1) is 6.47. The van der Waals surface area contributed by atoms with Gasteiger partial charge in [0.2, 0.25) is 0 Å². The second-order valence-electron chi connectivity index (χ2n) is 3.20. The topological polar surface area (TPSA) is 12.4 Å². The van der Waals surface area contributed by atoms with Gasteiger partial charge in [0.1, 0.15) is 0 Å². The highest BCUT2D eigenvalue weighted by atomic mass is 32.2. The van der Waals surface area contributed by atoms with Gasteiger partial charge in [0.25, 0.3) is 0 Å². The largest absolute Gasteiger partial charge is 0.416 e. The molecule has 2 rings (SSSR count). The van der Waals surface area contributed by atoms with Crippen LogP contribution in [0.2, 0.25) is 0 Å². The maximum Gasteiger partial charge on any atom is 0.416 e. The molecule has 0 amide bonds. The molecule has 1 unspecified atom stereocenters. The van der Waals surface area contributed by atoms with Gasteiger partial charge in [-0.1, -0.05) is 6.08 Å². The molecule has 0 bridgehead atoms. The van der Waals surface area contributed by atoms with Crippen LogP contribution in [-0.2, 0) is 0 Å². The first-order valence-electron chi connectivity index (χ1n) is 4.18. The standard InChI is InChI=1S/C9H8F3NS/c1-5-13-7-4-6(9(10,11)12)2-3-8(7)14-5/h2,4,8H,3H2,1H3. The van der Waals surface area contributed by atoms with Crippen LogP contribution >= 0.6 is 11.8 Å². The van der Waals surface area contributed by atoms with Crippen LogP contribution in [0.5, 0.6) is 0 Å². The maximum absolute atomic E-state index is 12.3. The van der Waals surface area contributed by atoms with E-state index in [1.165, 1.54) is 17.8 Å². The number of nitrogens with zero attached hydrogens (tertiary/aromatic N) is 1. The highest BCUT2D eigenvalue weighted by molar-refractivity contribution is 8.14. The van der Waals surface area contributed by atoms with Gasteiger partial charge < -0.3 is 0 Å². The number of thioether (sulfide) groups is 1. The number of rotatable bonds is 0. The van der Waals surface area contributed by atoms with Crippen LogP contribution < -0.4 is 0 Å². The van der Waals surface area contributed by atoms with Crippen molar-refractivity contribution in [2.75, 3.05) is 0 Å². The number of allylic oxidation sites excluding steroid dienone is 3. The van der Waals surface area contributed by atoms with Gasteiger partial charge in [-0.25, -0.2) is 0 Å². The van der Waals surface area contributed by atoms with E-state index in [1.807, 2.05) is 6.92 Å². The lowest BCUT2D eigenvalue weighted by molar-refractivity contribution is -0.0886. The van der Waals surface area contributed by atoms with Crippen molar-refractivity contribution in [1.82, 2.24) is 0 Å². The first-order valence-corrected chi connectivity index (χ1v) is 5.05. The molecule has 76 valence electrons. The zero-order valence-electron chi connectivity index (χ0n) is 7.43. The Morgan fingerprint density at radius 1 is 1.50 bits per heavy atom. The summed E-state index contributed by atoms with van der Waals surface area (Å²) in [6, 6.07) is 0. The zero-order chi connectivity index (χ0) is 10.3. The second kappa shape index (κ2) is 3.15. The molecule has 2 aliphatic rings. The predicted molar refractivity (Wildman–Crippen MR) is 51.3 cm³/mol. The van der Waals surface area contributed by atoms with E-state index in [1.54, 1.807) is 0 Å². The fourth-order valence-electron chi connectivity index (χ4n) is 1.49. The SMILES string of the molecule is CC1=NC2=CC(C(F)(F)F)=CCC2S1. The molecule has 1 aliphatic carbocycles. The van der Waals surface area contributed by atoms with Crippen LogP contribution in [0.3, 0.4) is 0 Å². The lowest BCUT2D eigenvalue weighted by Gasteiger charge is -2.16. The lowest BCUT2D eigenvalue weighted by Crippen LogP contribution is -2.15.